The maximum atomic E-state index is 13.2. The monoisotopic (exact) mass is 600 g/mol. The highest BCUT2D eigenvalue weighted by Gasteiger charge is 2.30. The Morgan fingerprint density at radius 2 is 1.95 bits per heavy atom. The summed E-state index contributed by atoms with van der Waals surface area (Å²) in [5, 5.41) is 25.7. The summed E-state index contributed by atoms with van der Waals surface area (Å²) in [4.78, 5) is 49.9. The number of anilines is 1. The van der Waals surface area contributed by atoms with Gasteiger partial charge in [-0.3, -0.25) is 19.7 Å². The molecule has 2 N–H and O–H groups in total. The Morgan fingerprint density at radius 3 is 2.63 bits per heavy atom. The van der Waals surface area contributed by atoms with Gasteiger partial charge in [-0.15, -0.1) is 21.5 Å². The van der Waals surface area contributed by atoms with Crippen molar-refractivity contribution in [1.82, 2.24) is 20.1 Å². The van der Waals surface area contributed by atoms with Gasteiger partial charge in [0, 0.05) is 29.1 Å². The molecule has 1 atom stereocenters. The molecular formula is C27H32N6O6S2. The number of nitrogens with zero attached hydrogens (tertiary/aromatic N) is 4. The van der Waals surface area contributed by atoms with E-state index in [1.54, 1.807) is 13.8 Å². The van der Waals surface area contributed by atoms with Crippen LogP contribution in [0, 0.1) is 10.1 Å². The van der Waals surface area contributed by atoms with Crippen LogP contribution in [0.15, 0.2) is 29.4 Å². The Morgan fingerprint density at radius 1 is 1.20 bits per heavy atom. The number of unbranched alkanes of at least 4 members (excludes halogenated alkanes) is 1. The Hall–Kier alpha value is -3.78. The SMILES string of the molecule is CCCCn1c(CNC(=O)c2ccc([N+](=O)[O-])cc2)nnc1SC(C)C(=O)Nc1sc2c(c1C(=O)OCC)CCC2. The number of nitrogens with one attached hydrogen (secondary N) is 2. The van der Waals surface area contributed by atoms with Crippen molar-refractivity contribution in [3.63, 3.8) is 0 Å². The third-order valence-corrected chi connectivity index (χ3v) is 8.85. The van der Waals surface area contributed by atoms with Crippen molar-refractivity contribution in [3.8, 4) is 0 Å². The van der Waals surface area contributed by atoms with E-state index in [0.717, 1.165) is 42.5 Å². The summed E-state index contributed by atoms with van der Waals surface area (Å²) in [5.74, 6) is -0.545. The molecule has 0 bridgehead atoms. The number of esters is 1. The fraction of sp³-hybridized carbons (Fsp3) is 0.444. The number of hydrogen-bond acceptors (Lipinski definition) is 10. The van der Waals surface area contributed by atoms with E-state index in [2.05, 4.69) is 27.8 Å². The van der Waals surface area contributed by atoms with E-state index in [9.17, 15) is 24.5 Å². The zero-order chi connectivity index (χ0) is 29.5. The van der Waals surface area contributed by atoms with Gasteiger partial charge in [-0.2, -0.15) is 0 Å². The second-order valence-corrected chi connectivity index (χ2v) is 11.8. The minimum Gasteiger partial charge on any atom is -0.462 e. The van der Waals surface area contributed by atoms with Crippen LogP contribution in [-0.4, -0.2) is 49.3 Å². The number of aromatic nitrogens is 3. The van der Waals surface area contributed by atoms with Crippen molar-refractivity contribution in [2.75, 3.05) is 11.9 Å². The van der Waals surface area contributed by atoms with E-state index >= 15 is 0 Å². The van der Waals surface area contributed by atoms with Crippen LogP contribution in [0.5, 0.6) is 0 Å². The van der Waals surface area contributed by atoms with Gasteiger partial charge in [0.2, 0.25) is 5.91 Å². The predicted octanol–water partition coefficient (Wildman–Crippen LogP) is 4.76. The van der Waals surface area contributed by atoms with Gasteiger partial charge in [0.15, 0.2) is 11.0 Å². The number of rotatable bonds is 13. The van der Waals surface area contributed by atoms with E-state index < -0.39 is 22.0 Å². The largest absolute Gasteiger partial charge is 0.462 e. The number of nitro groups is 1. The van der Waals surface area contributed by atoms with E-state index in [1.165, 1.54) is 47.4 Å². The molecular weight excluding hydrogens is 568 g/mol. The van der Waals surface area contributed by atoms with Crippen molar-refractivity contribution in [3.05, 3.63) is 61.8 Å². The minimum absolute atomic E-state index is 0.0946. The third kappa shape index (κ3) is 7.11. The van der Waals surface area contributed by atoms with Gasteiger partial charge in [0.1, 0.15) is 5.00 Å². The van der Waals surface area contributed by atoms with Gasteiger partial charge in [-0.05, 0) is 57.2 Å². The first-order chi connectivity index (χ1) is 19.7. The normalized spacial score (nSPS) is 13.0. The zero-order valence-corrected chi connectivity index (χ0v) is 24.7. The molecule has 2 amide bonds. The predicted molar refractivity (Wildman–Crippen MR) is 155 cm³/mol. The summed E-state index contributed by atoms with van der Waals surface area (Å²) in [7, 11) is 0. The van der Waals surface area contributed by atoms with E-state index in [4.69, 9.17) is 4.74 Å². The number of hydrogen-bond donors (Lipinski definition) is 2. The third-order valence-electron chi connectivity index (χ3n) is 6.57. The number of benzene rings is 1. The number of thioether (sulfide) groups is 1. The molecule has 0 fully saturated rings. The number of carbonyl (C=O) groups is 3. The minimum atomic E-state index is -0.547. The first-order valence-electron chi connectivity index (χ1n) is 13.5. The molecule has 12 nitrogen and oxygen atoms in total. The number of thiophene rings is 1. The number of fused-ring (bicyclic) bond motifs is 1. The lowest BCUT2D eigenvalue weighted by Gasteiger charge is -2.14. The van der Waals surface area contributed by atoms with Crippen molar-refractivity contribution < 1.29 is 24.0 Å². The Bertz CT molecular complexity index is 1430. The maximum absolute atomic E-state index is 13.2. The molecule has 0 saturated carbocycles. The van der Waals surface area contributed by atoms with Gasteiger partial charge in [0.05, 0.1) is 28.9 Å². The molecule has 14 heteroatoms. The molecule has 3 aromatic rings. The highest BCUT2D eigenvalue weighted by Crippen LogP contribution is 2.40. The van der Waals surface area contributed by atoms with Gasteiger partial charge in [0.25, 0.3) is 11.6 Å². The van der Waals surface area contributed by atoms with Crippen LogP contribution in [0.25, 0.3) is 0 Å². The summed E-state index contributed by atoms with van der Waals surface area (Å²) in [5.41, 5.74) is 1.63. The molecule has 0 aliphatic heterocycles. The number of ether oxygens (including phenoxy) is 1. The molecule has 0 spiro atoms. The lowest BCUT2D eigenvalue weighted by molar-refractivity contribution is -0.384. The van der Waals surface area contributed by atoms with Gasteiger partial charge >= 0.3 is 5.97 Å². The molecule has 1 unspecified atom stereocenters. The first kappa shape index (κ1) is 30.2. The van der Waals surface area contributed by atoms with Crippen LogP contribution in [0.1, 0.15) is 77.0 Å². The first-order valence-corrected chi connectivity index (χ1v) is 15.2. The van der Waals surface area contributed by atoms with Gasteiger partial charge in [-0.1, -0.05) is 25.1 Å². The van der Waals surface area contributed by atoms with Crippen LogP contribution >= 0.6 is 23.1 Å². The molecule has 2 aromatic heterocycles. The van der Waals surface area contributed by atoms with Crippen molar-refractivity contribution in [2.45, 2.75) is 76.4 Å². The average Bonchev–Trinajstić information content (AvgIpc) is 3.65. The lowest BCUT2D eigenvalue weighted by Crippen LogP contribution is -2.25. The molecule has 1 aromatic carbocycles. The fourth-order valence-electron chi connectivity index (χ4n) is 4.41. The molecule has 1 aliphatic carbocycles. The Labute approximate surface area is 245 Å². The summed E-state index contributed by atoms with van der Waals surface area (Å²) in [6.45, 7) is 6.53. The quantitative estimate of drug-likeness (QED) is 0.122. The fourth-order valence-corrected chi connectivity index (χ4v) is 6.58. The van der Waals surface area contributed by atoms with Crippen LogP contribution < -0.4 is 10.6 Å². The number of nitro benzene ring substituents is 1. The second kappa shape index (κ2) is 13.7. The Balaban J connectivity index is 1.44. The van der Waals surface area contributed by atoms with Crippen molar-refractivity contribution >= 4 is 51.6 Å². The standard InChI is InChI=1S/C27H32N6O6S2/c1-4-6-14-32-21(15-28-24(35)17-10-12-18(13-11-17)33(37)38)30-31-27(32)40-16(3)23(34)29-25-22(26(36)39-5-2)19-8-7-9-20(19)41-25/h10-13,16H,4-9,14-15H2,1-3H3,(H,28,35)(H,29,34). The molecule has 41 heavy (non-hydrogen) atoms. The summed E-state index contributed by atoms with van der Waals surface area (Å²) < 4.78 is 7.15. The summed E-state index contributed by atoms with van der Waals surface area (Å²) in [6, 6.07) is 5.34. The molecule has 218 valence electrons. The molecule has 0 saturated heterocycles. The van der Waals surface area contributed by atoms with Crippen LogP contribution in [0.2, 0.25) is 0 Å². The Kier molecular flexibility index (Phi) is 10.1. The number of amides is 2. The van der Waals surface area contributed by atoms with Crippen LogP contribution in [0.3, 0.4) is 0 Å². The molecule has 2 heterocycles. The summed E-state index contributed by atoms with van der Waals surface area (Å²) >= 11 is 2.68. The van der Waals surface area contributed by atoms with Crippen molar-refractivity contribution in [1.29, 1.82) is 0 Å². The highest BCUT2D eigenvalue weighted by atomic mass is 32.2. The van der Waals surface area contributed by atoms with Crippen LogP contribution in [0.4, 0.5) is 10.7 Å². The smallest absolute Gasteiger partial charge is 0.341 e. The van der Waals surface area contributed by atoms with E-state index in [-0.39, 0.29) is 30.3 Å². The summed E-state index contributed by atoms with van der Waals surface area (Å²) in [6.07, 6.45) is 4.44. The molecule has 4 rings (SSSR count). The molecule has 1 aliphatic rings. The van der Waals surface area contributed by atoms with E-state index in [0.29, 0.717) is 28.1 Å². The zero-order valence-electron chi connectivity index (χ0n) is 23.1. The maximum Gasteiger partial charge on any atom is 0.341 e. The topological polar surface area (TPSA) is 158 Å². The van der Waals surface area contributed by atoms with E-state index in [1.807, 2.05) is 4.57 Å². The van der Waals surface area contributed by atoms with Gasteiger partial charge in [-0.25, -0.2) is 4.79 Å². The van der Waals surface area contributed by atoms with Gasteiger partial charge < -0.3 is 19.9 Å². The average molecular weight is 601 g/mol. The highest BCUT2D eigenvalue weighted by molar-refractivity contribution is 8.00. The number of carbonyl (C=O) groups excluding carboxylic acids is 3. The second-order valence-electron chi connectivity index (χ2n) is 9.42. The van der Waals surface area contributed by atoms with Crippen molar-refractivity contribution in [2.24, 2.45) is 0 Å². The lowest BCUT2D eigenvalue weighted by atomic mass is 10.1. The number of non-ortho nitro benzene ring substituents is 1. The number of aryl methyl sites for hydroxylation is 1. The molecule has 0 radical (unpaired) electrons. The van der Waals surface area contributed by atoms with Crippen LogP contribution in [-0.2, 0) is 35.5 Å².